The number of halogens is 4. The van der Waals surface area contributed by atoms with Crippen molar-refractivity contribution >= 4 is 44.5 Å². The molecule has 0 fully saturated rings. The summed E-state index contributed by atoms with van der Waals surface area (Å²) in [6, 6.07) is 20.5. The minimum atomic E-state index is -4.64. The van der Waals surface area contributed by atoms with Gasteiger partial charge in [0.05, 0.1) is 28.9 Å². The van der Waals surface area contributed by atoms with Gasteiger partial charge in [-0.25, -0.2) is 9.07 Å². The van der Waals surface area contributed by atoms with Gasteiger partial charge in [0, 0.05) is 23.5 Å². The van der Waals surface area contributed by atoms with Gasteiger partial charge in [0.2, 0.25) is 5.91 Å². The Kier molecular flexibility index (Phi) is 9.91. The molecule has 0 aliphatic carbocycles. The Morgan fingerprint density at radius 3 is 2.29 bits per heavy atom. The molecule has 2 atom stereocenters. The van der Waals surface area contributed by atoms with Crippen LogP contribution in [0.3, 0.4) is 0 Å². The van der Waals surface area contributed by atoms with Crippen LogP contribution in [-0.4, -0.2) is 28.0 Å². The lowest BCUT2D eigenvalue weighted by Crippen LogP contribution is -2.45. The van der Waals surface area contributed by atoms with Crippen molar-refractivity contribution in [3.63, 3.8) is 0 Å². The van der Waals surface area contributed by atoms with E-state index in [-0.39, 0.29) is 39.1 Å². The van der Waals surface area contributed by atoms with E-state index in [4.69, 9.17) is 0 Å². The summed E-state index contributed by atoms with van der Waals surface area (Å²) < 4.78 is 55.4. The van der Waals surface area contributed by atoms with E-state index in [0.717, 1.165) is 18.2 Å². The molecular formula is C30H26F4N4O2S2. The maximum atomic E-state index is 14.0. The smallest absolute Gasteiger partial charge is 0.294 e. The van der Waals surface area contributed by atoms with Crippen molar-refractivity contribution in [1.29, 1.82) is 5.26 Å². The van der Waals surface area contributed by atoms with Crippen LogP contribution in [0.1, 0.15) is 45.1 Å². The Labute approximate surface area is 253 Å². The summed E-state index contributed by atoms with van der Waals surface area (Å²) in [5.74, 6) is -3.21. The van der Waals surface area contributed by atoms with Gasteiger partial charge in [-0.3, -0.25) is 14.5 Å². The first-order valence-corrected chi connectivity index (χ1v) is 12.4. The number of nitriles is 1. The van der Waals surface area contributed by atoms with Crippen molar-refractivity contribution in [1.82, 2.24) is 9.78 Å². The summed E-state index contributed by atoms with van der Waals surface area (Å²) in [7, 11) is 0. The Balaban J connectivity index is 0.00000242. The molecular weight excluding hydrogens is 588 g/mol. The lowest BCUT2D eigenvalue weighted by atomic mass is 9.74. The maximum absolute atomic E-state index is 14.0. The molecule has 0 N–H and O–H groups in total. The van der Waals surface area contributed by atoms with E-state index in [2.05, 4.69) is 5.10 Å². The van der Waals surface area contributed by atoms with Crippen LogP contribution in [0, 0.1) is 30.0 Å². The van der Waals surface area contributed by atoms with Crippen molar-refractivity contribution in [3.8, 4) is 11.8 Å². The minimum Gasteiger partial charge on any atom is -0.294 e. The van der Waals surface area contributed by atoms with Gasteiger partial charge >= 0.3 is 6.18 Å². The highest BCUT2D eigenvalue weighted by Gasteiger charge is 2.46. The first-order chi connectivity index (χ1) is 19.1. The highest BCUT2D eigenvalue weighted by atomic mass is 32.1. The molecule has 1 aliphatic heterocycles. The molecule has 0 saturated carbocycles. The first kappa shape index (κ1) is 32.4. The Morgan fingerprint density at radius 1 is 1.00 bits per heavy atom. The number of nitrogens with zero attached hydrogens (tertiary/aromatic N) is 4. The van der Waals surface area contributed by atoms with Crippen LogP contribution in [-0.2, 0) is 11.0 Å². The average molecular weight is 615 g/mol. The van der Waals surface area contributed by atoms with Crippen LogP contribution in [0.15, 0.2) is 78.9 Å². The summed E-state index contributed by atoms with van der Waals surface area (Å²) >= 11 is 0. The lowest BCUT2D eigenvalue weighted by Gasteiger charge is -2.37. The fourth-order valence-electron chi connectivity index (χ4n) is 5.23. The van der Waals surface area contributed by atoms with Crippen LogP contribution in [0.5, 0.6) is 0 Å². The Morgan fingerprint density at radius 2 is 1.67 bits per heavy atom. The van der Waals surface area contributed by atoms with Crippen molar-refractivity contribution in [2.45, 2.75) is 25.4 Å². The summed E-state index contributed by atoms with van der Waals surface area (Å²) in [4.78, 5) is 28.7. The Hall–Kier alpha value is -4.08. The van der Waals surface area contributed by atoms with Gasteiger partial charge in [0.1, 0.15) is 18.2 Å². The second-order valence-corrected chi connectivity index (χ2v) is 9.49. The molecule has 2 heterocycles. The fourth-order valence-corrected chi connectivity index (χ4v) is 5.23. The number of rotatable bonds is 6. The quantitative estimate of drug-likeness (QED) is 0.142. The molecule has 1 amide bonds. The third-order valence-electron chi connectivity index (χ3n) is 7.01. The van der Waals surface area contributed by atoms with Gasteiger partial charge in [-0.05, 0) is 48.9 Å². The standard InChI is InChI=1S/C30H22F4N4O2.2H2S/c1-18-26-27(19-10-12-22(31)13-11-19)24(17-25(39)20-6-5-7-21(16-20)30(32,33)34)29(40)37(15-14-35)28(26)38(36-18)23-8-3-2-4-9-23;;/h2-13,16,24,27H,15,17H2,1H3;2*1H2/t24-,27+;;/m0../s1. The number of fused-ring (bicyclic) bond motifs is 1. The number of para-hydroxylation sites is 1. The van der Waals surface area contributed by atoms with Crippen molar-refractivity contribution in [3.05, 3.63) is 113 Å². The molecule has 0 bridgehead atoms. The van der Waals surface area contributed by atoms with E-state index in [1.165, 1.54) is 35.2 Å². The van der Waals surface area contributed by atoms with Gasteiger partial charge in [-0.1, -0.05) is 42.5 Å². The lowest BCUT2D eigenvalue weighted by molar-refractivity contribution is -0.137. The molecule has 12 heteroatoms. The van der Waals surface area contributed by atoms with E-state index in [9.17, 15) is 32.4 Å². The van der Waals surface area contributed by atoms with E-state index in [0.29, 0.717) is 28.3 Å². The number of Topliss-reactive ketones (excluding diaryl/α,β-unsaturated/α-hetero) is 1. The zero-order valence-electron chi connectivity index (χ0n) is 22.2. The fraction of sp³-hybridized carbons (Fsp3) is 0.200. The predicted molar refractivity (Wildman–Crippen MR) is 159 cm³/mol. The topological polar surface area (TPSA) is 79.0 Å². The van der Waals surface area contributed by atoms with Crippen molar-refractivity contribution in [2.75, 3.05) is 11.4 Å². The van der Waals surface area contributed by atoms with E-state index >= 15 is 0 Å². The van der Waals surface area contributed by atoms with Crippen LogP contribution in [0.25, 0.3) is 5.69 Å². The van der Waals surface area contributed by atoms with E-state index in [1.54, 1.807) is 35.9 Å². The molecule has 0 radical (unpaired) electrons. The number of aryl methyl sites for hydroxylation is 1. The molecule has 42 heavy (non-hydrogen) atoms. The molecule has 3 aromatic carbocycles. The number of alkyl halides is 3. The van der Waals surface area contributed by atoms with Crippen LogP contribution in [0.4, 0.5) is 23.4 Å². The molecule has 4 aromatic rings. The summed E-state index contributed by atoms with van der Waals surface area (Å²) in [5, 5.41) is 14.3. The number of ketones is 1. The van der Waals surface area contributed by atoms with E-state index < -0.39 is 47.5 Å². The molecule has 5 rings (SSSR count). The monoisotopic (exact) mass is 614 g/mol. The zero-order chi connectivity index (χ0) is 28.6. The first-order valence-electron chi connectivity index (χ1n) is 12.4. The third-order valence-corrected chi connectivity index (χ3v) is 7.01. The van der Waals surface area contributed by atoms with Crippen LogP contribution in [0.2, 0.25) is 0 Å². The highest BCUT2D eigenvalue weighted by molar-refractivity contribution is 7.59. The van der Waals surface area contributed by atoms with Gasteiger partial charge in [-0.2, -0.15) is 50.5 Å². The molecule has 1 aromatic heterocycles. The predicted octanol–water partition coefficient (Wildman–Crippen LogP) is 6.46. The van der Waals surface area contributed by atoms with Gasteiger partial charge in [0.25, 0.3) is 0 Å². The number of carbonyl (C=O) groups excluding carboxylic acids is 2. The number of benzene rings is 3. The highest BCUT2D eigenvalue weighted by Crippen LogP contribution is 2.47. The van der Waals surface area contributed by atoms with Crippen molar-refractivity contribution in [2.24, 2.45) is 5.92 Å². The van der Waals surface area contributed by atoms with Gasteiger partial charge in [0.15, 0.2) is 5.78 Å². The number of amides is 1. The van der Waals surface area contributed by atoms with E-state index in [1.807, 2.05) is 12.1 Å². The molecule has 0 saturated heterocycles. The summed E-state index contributed by atoms with van der Waals surface area (Å²) in [6.07, 6.45) is -5.07. The molecule has 6 nitrogen and oxygen atoms in total. The number of carbonyl (C=O) groups is 2. The SMILES string of the molecule is Cc1nn(-c2ccccc2)c2c1[C@H](c1ccc(F)cc1)[C@H](CC(=O)c1cccc(C(F)(F)F)c1)C(=O)N2CC#N.S.S. The number of hydrogen-bond acceptors (Lipinski definition) is 4. The average Bonchev–Trinajstić information content (AvgIpc) is 3.28. The zero-order valence-corrected chi connectivity index (χ0v) is 24.2. The third kappa shape index (κ3) is 6.07. The largest absolute Gasteiger partial charge is 0.416 e. The number of aromatic nitrogens is 2. The number of anilines is 1. The number of hydrogen-bond donors (Lipinski definition) is 0. The maximum Gasteiger partial charge on any atom is 0.416 e. The minimum absolute atomic E-state index is 0. The van der Waals surface area contributed by atoms with Crippen LogP contribution < -0.4 is 4.90 Å². The Bertz CT molecular complexity index is 1630. The van der Waals surface area contributed by atoms with Gasteiger partial charge in [-0.15, -0.1) is 0 Å². The molecule has 0 spiro atoms. The van der Waals surface area contributed by atoms with Gasteiger partial charge < -0.3 is 0 Å². The molecule has 0 unspecified atom stereocenters. The normalized spacial score (nSPS) is 16.1. The summed E-state index contributed by atoms with van der Waals surface area (Å²) in [5.41, 5.74) is 1.11. The van der Waals surface area contributed by atoms with Crippen LogP contribution >= 0.6 is 27.0 Å². The summed E-state index contributed by atoms with van der Waals surface area (Å²) in [6.45, 7) is 1.40. The second-order valence-electron chi connectivity index (χ2n) is 9.49. The molecule has 1 aliphatic rings. The molecule has 218 valence electrons. The second kappa shape index (κ2) is 12.8. The van der Waals surface area contributed by atoms with Crippen molar-refractivity contribution < 1.29 is 27.2 Å².